The third-order valence-electron chi connectivity index (χ3n) is 3.07. The number of hydrogen-bond donors (Lipinski definition) is 1. The maximum Gasteiger partial charge on any atom is 0.243 e. The molecule has 1 aromatic heterocycles. The normalized spacial score (nSPS) is 17.2. The van der Waals surface area contributed by atoms with Crippen molar-refractivity contribution in [2.24, 2.45) is 11.0 Å². The monoisotopic (exact) mass is 231 g/mol. The number of aromatic nitrogens is 1. The van der Waals surface area contributed by atoms with Gasteiger partial charge in [-0.05, 0) is 30.5 Å². The van der Waals surface area contributed by atoms with Gasteiger partial charge in [0.2, 0.25) is 5.91 Å². The first-order valence-electron chi connectivity index (χ1n) is 6.09. The molecule has 0 saturated heterocycles. The minimum Gasteiger partial charge on any atom is -0.273 e. The van der Waals surface area contributed by atoms with Gasteiger partial charge >= 0.3 is 0 Å². The first kappa shape index (κ1) is 11.8. The van der Waals surface area contributed by atoms with Crippen molar-refractivity contribution < 1.29 is 4.79 Å². The van der Waals surface area contributed by atoms with Crippen molar-refractivity contribution in [2.75, 3.05) is 0 Å². The van der Waals surface area contributed by atoms with Crippen molar-refractivity contribution >= 4 is 12.1 Å². The van der Waals surface area contributed by atoms with E-state index in [4.69, 9.17) is 0 Å². The van der Waals surface area contributed by atoms with Gasteiger partial charge in [-0.3, -0.25) is 9.78 Å². The van der Waals surface area contributed by atoms with Crippen LogP contribution in [0.25, 0.3) is 0 Å². The highest BCUT2D eigenvalue weighted by Gasteiger charge is 2.20. The van der Waals surface area contributed by atoms with Crippen LogP contribution in [0.4, 0.5) is 0 Å². The van der Waals surface area contributed by atoms with Crippen LogP contribution in [0.3, 0.4) is 0 Å². The fraction of sp³-hybridized carbons (Fsp3) is 0.462. The molecular weight excluding hydrogens is 214 g/mol. The largest absolute Gasteiger partial charge is 0.273 e. The van der Waals surface area contributed by atoms with Crippen LogP contribution in [-0.4, -0.2) is 17.1 Å². The summed E-state index contributed by atoms with van der Waals surface area (Å²) in [4.78, 5) is 15.7. The van der Waals surface area contributed by atoms with Crippen molar-refractivity contribution in [1.82, 2.24) is 10.4 Å². The van der Waals surface area contributed by atoms with E-state index in [1.165, 1.54) is 6.42 Å². The first-order chi connectivity index (χ1) is 8.36. The van der Waals surface area contributed by atoms with Gasteiger partial charge < -0.3 is 0 Å². The maximum absolute atomic E-state index is 11.8. The molecule has 0 aromatic carbocycles. The maximum atomic E-state index is 11.8. The molecule has 1 heterocycles. The Bertz CT molecular complexity index is 383. The van der Waals surface area contributed by atoms with Crippen LogP contribution in [0.5, 0.6) is 0 Å². The number of nitrogens with zero attached hydrogens (tertiary/aromatic N) is 2. The molecule has 0 bridgehead atoms. The molecule has 1 aliphatic carbocycles. The summed E-state index contributed by atoms with van der Waals surface area (Å²) >= 11 is 0. The smallest absolute Gasteiger partial charge is 0.243 e. The third-order valence-corrected chi connectivity index (χ3v) is 3.07. The number of rotatable bonds is 3. The van der Waals surface area contributed by atoms with Gasteiger partial charge in [0.25, 0.3) is 0 Å². The van der Waals surface area contributed by atoms with Gasteiger partial charge in [0, 0.05) is 18.3 Å². The van der Waals surface area contributed by atoms with Crippen LogP contribution < -0.4 is 5.43 Å². The second-order valence-corrected chi connectivity index (χ2v) is 4.35. The van der Waals surface area contributed by atoms with E-state index >= 15 is 0 Å². The number of hydrogen-bond acceptors (Lipinski definition) is 3. The number of carbonyl (C=O) groups excluding carboxylic acids is 1. The predicted molar refractivity (Wildman–Crippen MR) is 66.5 cm³/mol. The molecule has 0 spiro atoms. The topological polar surface area (TPSA) is 54.4 Å². The quantitative estimate of drug-likeness (QED) is 0.640. The molecule has 17 heavy (non-hydrogen) atoms. The summed E-state index contributed by atoms with van der Waals surface area (Å²) in [6.45, 7) is 0. The fourth-order valence-electron chi connectivity index (χ4n) is 2.08. The Hall–Kier alpha value is -1.71. The summed E-state index contributed by atoms with van der Waals surface area (Å²) in [5, 5.41) is 3.96. The number of pyridine rings is 1. The summed E-state index contributed by atoms with van der Waals surface area (Å²) in [7, 11) is 0. The lowest BCUT2D eigenvalue weighted by molar-refractivity contribution is -0.125. The Morgan fingerprint density at radius 3 is 2.71 bits per heavy atom. The van der Waals surface area contributed by atoms with Crippen molar-refractivity contribution in [1.29, 1.82) is 0 Å². The Labute approximate surface area is 101 Å². The van der Waals surface area contributed by atoms with Gasteiger partial charge in [0.05, 0.1) is 6.21 Å². The molecule has 0 unspecified atom stereocenters. The van der Waals surface area contributed by atoms with Gasteiger partial charge in [0.1, 0.15) is 0 Å². The molecule has 0 atom stereocenters. The van der Waals surface area contributed by atoms with Gasteiger partial charge in [-0.25, -0.2) is 5.43 Å². The van der Waals surface area contributed by atoms with Gasteiger partial charge in [-0.2, -0.15) is 5.10 Å². The number of nitrogens with one attached hydrogen (secondary N) is 1. The fourth-order valence-corrected chi connectivity index (χ4v) is 2.08. The molecule has 1 amide bonds. The molecule has 1 aromatic rings. The Morgan fingerprint density at radius 2 is 2.00 bits per heavy atom. The van der Waals surface area contributed by atoms with E-state index in [-0.39, 0.29) is 11.8 Å². The van der Waals surface area contributed by atoms with E-state index in [1.807, 2.05) is 12.1 Å². The lowest BCUT2D eigenvalue weighted by atomic mass is 9.89. The lowest BCUT2D eigenvalue weighted by Crippen LogP contribution is -2.28. The average Bonchev–Trinajstić information content (AvgIpc) is 2.41. The molecule has 1 aliphatic rings. The average molecular weight is 231 g/mol. The molecule has 0 radical (unpaired) electrons. The van der Waals surface area contributed by atoms with E-state index in [9.17, 15) is 4.79 Å². The van der Waals surface area contributed by atoms with Crippen LogP contribution in [0, 0.1) is 5.92 Å². The predicted octanol–water partition coefficient (Wildman–Crippen LogP) is 2.11. The van der Waals surface area contributed by atoms with Gasteiger partial charge in [-0.15, -0.1) is 0 Å². The number of amides is 1. The molecule has 1 saturated carbocycles. The van der Waals surface area contributed by atoms with Crippen molar-refractivity contribution in [3.05, 3.63) is 30.1 Å². The van der Waals surface area contributed by atoms with Crippen LogP contribution in [0.15, 0.2) is 29.6 Å². The Kier molecular flexibility index (Phi) is 4.24. The second-order valence-electron chi connectivity index (χ2n) is 4.35. The molecule has 0 aliphatic heterocycles. The lowest BCUT2D eigenvalue weighted by Gasteiger charge is -2.19. The summed E-state index contributed by atoms with van der Waals surface area (Å²) in [5.41, 5.74) is 3.55. The highest BCUT2D eigenvalue weighted by molar-refractivity contribution is 5.83. The van der Waals surface area contributed by atoms with E-state index in [2.05, 4.69) is 15.5 Å². The van der Waals surface area contributed by atoms with E-state index in [0.29, 0.717) is 0 Å². The van der Waals surface area contributed by atoms with Crippen LogP contribution in [-0.2, 0) is 4.79 Å². The van der Waals surface area contributed by atoms with Crippen LogP contribution in [0.2, 0.25) is 0 Å². The molecule has 90 valence electrons. The summed E-state index contributed by atoms with van der Waals surface area (Å²) in [6.07, 6.45) is 10.6. The highest BCUT2D eigenvalue weighted by Crippen LogP contribution is 2.23. The summed E-state index contributed by atoms with van der Waals surface area (Å²) in [6, 6.07) is 3.69. The number of hydrazone groups is 1. The molecule has 1 N–H and O–H groups in total. The van der Waals surface area contributed by atoms with Crippen LogP contribution in [0.1, 0.15) is 37.7 Å². The molecule has 4 nitrogen and oxygen atoms in total. The van der Waals surface area contributed by atoms with E-state index in [0.717, 1.165) is 31.2 Å². The SMILES string of the molecule is O=C(N/N=C\c1ccncc1)C1CCCCC1. The van der Waals surface area contributed by atoms with E-state index in [1.54, 1.807) is 18.6 Å². The standard InChI is InChI=1S/C13H17N3O/c17-13(12-4-2-1-3-5-12)16-15-10-11-6-8-14-9-7-11/h6-10,12H,1-5H2,(H,16,17)/b15-10-. The zero-order valence-electron chi connectivity index (χ0n) is 9.80. The third kappa shape index (κ3) is 3.66. The minimum atomic E-state index is 0.0509. The molecular formula is C13H17N3O. The van der Waals surface area contributed by atoms with Crippen molar-refractivity contribution in [2.45, 2.75) is 32.1 Å². The Balaban J connectivity index is 1.81. The molecule has 1 fully saturated rings. The van der Waals surface area contributed by atoms with Crippen molar-refractivity contribution in [3.63, 3.8) is 0 Å². The van der Waals surface area contributed by atoms with Crippen LogP contribution >= 0.6 is 0 Å². The molecule has 4 heteroatoms. The number of carbonyl (C=O) groups is 1. The minimum absolute atomic E-state index is 0.0509. The van der Waals surface area contributed by atoms with Gasteiger partial charge in [-0.1, -0.05) is 19.3 Å². The zero-order chi connectivity index (χ0) is 11.9. The summed E-state index contributed by atoms with van der Waals surface area (Å²) in [5.74, 6) is 0.202. The van der Waals surface area contributed by atoms with E-state index < -0.39 is 0 Å². The molecule has 2 rings (SSSR count). The van der Waals surface area contributed by atoms with Gasteiger partial charge in [0.15, 0.2) is 0 Å². The highest BCUT2D eigenvalue weighted by atomic mass is 16.2. The van der Waals surface area contributed by atoms with Crippen molar-refractivity contribution in [3.8, 4) is 0 Å². The zero-order valence-corrected chi connectivity index (χ0v) is 9.80. The first-order valence-corrected chi connectivity index (χ1v) is 6.09. The summed E-state index contributed by atoms with van der Waals surface area (Å²) < 4.78 is 0. The second kappa shape index (κ2) is 6.13. The Morgan fingerprint density at radius 1 is 1.29 bits per heavy atom.